The summed E-state index contributed by atoms with van der Waals surface area (Å²) in [6.45, 7) is 0.973. The zero-order valence-electron chi connectivity index (χ0n) is 19.3. The van der Waals surface area contributed by atoms with Crippen LogP contribution in [-0.4, -0.2) is 18.0 Å². The Hall–Kier alpha value is -3.53. The Morgan fingerprint density at radius 1 is 0.833 bits per heavy atom. The highest BCUT2D eigenvalue weighted by atomic mass is 19.4. The van der Waals surface area contributed by atoms with Gasteiger partial charge in [-0.1, -0.05) is 47.6 Å². The van der Waals surface area contributed by atoms with Crippen LogP contribution >= 0.6 is 0 Å². The van der Waals surface area contributed by atoms with Crippen molar-refractivity contribution in [1.82, 2.24) is 0 Å². The molecule has 1 N–H and O–H groups in total. The number of alkyl halides is 6. The molecule has 3 rings (SSSR count). The van der Waals surface area contributed by atoms with Gasteiger partial charge in [0.25, 0.3) is 0 Å². The lowest BCUT2D eigenvalue weighted by Gasteiger charge is -2.28. The van der Waals surface area contributed by atoms with E-state index in [1.54, 1.807) is 54.6 Å². The molecule has 0 aromatic heterocycles. The first kappa shape index (κ1) is 27.1. The van der Waals surface area contributed by atoms with E-state index in [1.165, 1.54) is 14.0 Å². The topological polar surface area (TPSA) is 51.0 Å². The maximum atomic E-state index is 13.3. The second kappa shape index (κ2) is 11.0. The molecule has 3 aromatic carbocycles. The molecule has 0 bridgehead atoms. The fourth-order valence-electron chi connectivity index (χ4n) is 3.85. The van der Waals surface area contributed by atoms with Crippen LogP contribution in [0.5, 0.6) is 5.75 Å². The van der Waals surface area contributed by atoms with Gasteiger partial charge in [-0.3, -0.25) is 0 Å². The molecule has 192 valence electrons. The average molecular weight is 511 g/mol. The molecule has 36 heavy (non-hydrogen) atoms. The summed E-state index contributed by atoms with van der Waals surface area (Å²) in [5.74, 6) is -0.233. The highest BCUT2D eigenvalue weighted by molar-refractivity contribution is 5.89. The fourth-order valence-corrected chi connectivity index (χ4v) is 3.85. The molecular formula is C26H23F6NO3. The van der Waals surface area contributed by atoms with E-state index < -0.39 is 42.1 Å². The van der Waals surface area contributed by atoms with E-state index in [1.807, 2.05) is 0 Å². The number of oxime groups is 1. The van der Waals surface area contributed by atoms with Crippen LogP contribution in [-0.2, 0) is 23.7 Å². The van der Waals surface area contributed by atoms with Gasteiger partial charge in [-0.05, 0) is 53.9 Å². The van der Waals surface area contributed by atoms with Crippen LogP contribution in [0.2, 0.25) is 0 Å². The molecule has 2 unspecified atom stereocenters. The predicted molar refractivity (Wildman–Crippen MR) is 121 cm³/mol. The average Bonchev–Trinajstić information content (AvgIpc) is 2.85. The van der Waals surface area contributed by atoms with Crippen molar-refractivity contribution in [3.63, 3.8) is 0 Å². The molecule has 0 aliphatic carbocycles. The molecule has 0 spiro atoms. The van der Waals surface area contributed by atoms with Crippen molar-refractivity contribution in [1.29, 1.82) is 0 Å². The Kier molecular flexibility index (Phi) is 8.29. The molecular weight excluding hydrogens is 488 g/mol. The van der Waals surface area contributed by atoms with E-state index >= 15 is 0 Å². The van der Waals surface area contributed by atoms with E-state index in [-0.39, 0.29) is 17.3 Å². The zero-order valence-corrected chi connectivity index (χ0v) is 19.3. The fraction of sp³-hybridized carbons (Fsp3) is 0.269. The molecule has 2 atom stereocenters. The largest absolute Gasteiger partial charge is 0.497 e. The summed E-state index contributed by atoms with van der Waals surface area (Å²) in [6, 6.07) is 16.7. The summed E-state index contributed by atoms with van der Waals surface area (Å²) in [5, 5.41) is 12.9. The highest BCUT2D eigenvalue weighted by Crippen LogP contribution is 2.39. The van der Waals surface area contributed by atoms with Gasteiger partial charge in [0.05, 0.1) is 42.6 Å². The minimum Gasteiger partial charge on any atom is -0.497 e. The Balaban J connectivity index is 2.07. The second-order valence-electron chi connectivity index (χ2n) is 8.05. The van der Waals surface area contributed by atoms with Gasteiger partial charge in [-0.25, -0.2) is 0 Å². The van der Waals surface area contributed by atoms with Gasteiger partial charge in [0, 0.05) is 0 Å². The standard InChI is InChI=1S/C26H23F6NO3/c1-16(33-34)23(19-9-6-10-22(13-19)35-2)24(18-7-4-3-5-8-18)36-15-17-11-20(25(27,28)29)14-21(12-17)26(30,31)32/h3-14,23-24,34H,15H2,1-2H3. The number of nitrogens with zero attached hydrogens (tertiary/aromatic N) is 1. The molecule has 0 saturated heterocycles. The van der Waals surface area contributed by atoms with E-state index in [0.29, 0.717) is 29.0 Å². The summed E-state index contributed by atoms with van der Waals surface area (Å²) in [6.07, 6.45) is -10.9. The minimum absolute atomic E-state index is 0.0692. The molecule has 0 aliphatic rings. The van der Waals surface area contributed by atoms with Crippen molar-refractivity contribution in [2.45, 2.75) is 37.9 Å². The van der Waals surface area contributed by atoms with E-state index in [2.05, 4.69) is 5.16 Å². The third-order valence-corrected chi connectivity index (χ3v) is 5.57. The number of hydrogen-bond donors (Lipinski definition) is 1. The molecule has 0 radical (unpaired) electrons. The Bertz CT molecular complexity index is 1160. The smallest absolute Gasteiger partial charge is 0.416 e. The number of rotatable bonds is 8. The number of benzene rings is 3. The summed E-state index contributed by atoms with van der Waals surface area (Å²) < 4.78 is 91.1. The van der Waals surface area contributed by atoms with Gasteiger partial charge in [-0.2, -0.15) is 26.3 Å². The second-order valence-corrected chi connectivity index (χ2v) is 8.05. The lowest BCUT2D eigenvalue weighted by molar-refractivity contribution is -0.143. The molecule has 3 aromatic rings. The Morgan fingerprint density at radius 3 is 1.94 bits per heavy atom. The van der Waals surface area contributed by atoms with Gasteiger partial charge in [0.15, 0.2) is 0 Å². The van der Waals surface area contributed by atoms with Crippen molar-refractivity contribution >= 4 is 5.71 Å². The summed E-state index contributed by atoms with van der Waals surface area (Å²) >= 11 is 0. The maximum Gasteiger partial charge on any atom is 0.416 e. The van der Waals surface area contributed by atoms with Crippen LogP contribution in [0.15, 0.2) is 78.0 Å². The molecule has 4 nitrogen and oxygen atoms in total. The van der Waals surface area contributed by atoms with Crippen LogP contribution in [0, 0.1) is 0 Å². The first-order valence-corrected chi connectivity index (χ1v) is 10.7. The first-order chi connectivity index (χ1) is 16.9. The van der Waals surface area contributed by atoms with Gasteiger partial charge in [0.2, 0.25) is 0 Å². The Morgan fingerprint density at radius 2 is 1.42 bits per heavy atom. The lowest BCUT2D eigenvalue weighted by Crippen LogP contribution is -2.22. The zero-order chi connectivity index (χ0) is 26.5. The quantitative estimate of drug-likeness (QED) is 0.146. The molecule has 0 heterocycles. The van der Waals surface area contributed by atoms with Crippen molar-refractivity contribution in [3.8, 4) is 5.75 Å². The number of hydrogen-bond acceptors (Lipinski definition) is 4. The van der Waals surface area contributed by atoms with Gasteiger partial charge in [0.1, 0.15) is 5.75 Å². The van der Waals surface area contributed by atoms with Crippen molar-refractivity contribution in [3.05, 3.63) is 101 Å². The van der Waals surface area contributed by atoms with Crippen LogP contribution < -0.4 is 4.74 Å². The normalized spacial score (nSPS) is 14.4. The Labute approximate surface area is 203 Å². The van der Waals surface area contributed by atoms with Crippen molar-refractivity contribution in [2.24, 2.45) is 5.16 Å². The van der Waals surface area contributed by atoms with E-state index in [9.17, 15) is 31.5 Å². The summed E-state index contributed by atoms with van der Waals surface area (Å²) in [4.78, 5) is 0. The van der Waals surface area contributed by atoms with Crippen LogP contribution in [0.1, 0.15) is 46.8 Å². The van der Waals surface area contributed by atoms with Crippen molar-refractivity contribution in [2.75, 3.05) is 7.11 Å². The SMILES string of the molecule is COc1cccc(C(C(C)=NO)C(OCc2cc(C(F)(F)F)cc(C(F)(F)F)c2)c2ccccc2)c1. The highest BCUT2D eigenvalue weighted by Gasteiger charge is 2.37. The monoisotopic (exact) mass is 511 g/mol. The molecule has 0 saturated carbocycles. The minimum atomic E-state index is -4.97. The van der Waals surface area contributed by atoms with Gasteiger partial charge < -0.3 is 14.7 Å². The molecule has 0 fully saturated rings. The maximum absolute atomic E-state index is 13.3. The van der Waals surface area contributed by atoms with Gasteiger partial charge in [-0.15, -0.1) is 0 Å². The molecule has 0 aliphatic heterocycles. The predicted octanol–water partition coefficient (Wildman–Crippen LogP) is 7.62. The molecule has 0 amide bonds. The van der Waals surface area contributed by atoms with Crippen LogP contribution in [0.4, 0.5) is 26.3 Å². The summed E-state index contributed by atoms with van der Waals surface area (Å²) in [5.41, 5.74) is -1.75. The third-order valence-electron chi connectivity index (χ3n) is 5.57. The van der Waals surface area contributed by atoms with E-state index in [0.717, 1.165) is 0 Å². The number of halogens is 6. The lowest BCUT2D eigenvalue weighted by atomic mass is 9.85. The van der Waals surface area contributed by atoms with Crippen LogP contribution in [0.3, 0.4) is 0 Å². The molecule has 10 heteroatoms. The number of methoxy groups -OCH3 is 1. The van der Waals surface area contributed by atoms with Crippen molar-refractivity contribution < 1.29 is 41.0 Å². The summed E-state index contributed by atoms with van der Waals surface area (Å²) in [7, 11) is 1.47. The number of ether oxygens (including phenoxy) is 2. The third kappa shape index (κ3) is 6.57. The van der Waals surface area contributed by atoms with Crippen LogP contribution in [0.25, 0.3) is 0 Å². The first-order valence-electron chi connectivity index (χ1n) is 10.7. The van der Waals surface area contributed by atoms with Gasteiger partial charge >= 0.3 is 12.4 Å². The van der Waals surface area contributed by atoms with E-state index in [4.69, 9.17) is 9.47 Å².